The number of carbonyl (C=O) groups excluding carboxylic acids is 1. The molecule has 7 nitrogen and oxygen atoms in total. The van der Waals surface area contributed by atoms with Crippen LogP contribution in [0, 0.1) is 17.0 Å². The largest absolute Gasteiger partial charge is 0.453 e. The molecule has 2 heterocycles. The number of aromatic nitrogens is 1. The third-order valence-corrected chi connectivity index (χ3v) is 3.62. The molecular weight excluding hydrogens is 300 g/mol. The van der Waals surface area contributed by atoms with Crippen LogP contribution in [0.3, 0.4) is 0 Å². The number of hydrogen-bond acceptors (Lipinski definition) is 5. The van der Waals surface area contributed by atoms with Gasteiger partial charge in [-0.25, -0.2) is 0 Å². The zero-order valence-corrected chi connectivity index (χ0v) is 12.2. The van der Waals surface area contributed by atoms with E-state index in [1.807, 2.05) is 6.07 Å². The molecule has 0 atom stereocenters. The molecule has 1 aromatic carbocycles. The first-order valence-corrected chi connectivity index (χ1v) is 6.84. The first-order valence-electron chi connectivity index (χ1n) is 6.84. The molecule has 0 N–H and O–H groups in total. The normalized spacial score (nSPS) is 10.8. The predicted molar refractivity (Wildman–Crippen MR) is 82.6 cm³/mol. The second-order valence-corrected chi connectivity index (χ2v) is 5.06. The van der Waals surface area contributed by atoms with E-state index in [9.17, 15) is 19.7 Å². The van der Waals surface area contributed by atoms with Crippen LogP contribution >= 0.6 is 0 Å². The molecule has 0 amide bonds. The Kier molecular flexibility index (Phi) is 3.53. The van der Waals surface area contributed by atoms with Crippen LogP contribution in [0.5, 0.6) is 0 Å². The summed E-state index contributed by atoms with van der Waals surface area (Å²) < 4.78 is 6.54. The summed E-state index contributed by atoms with van der Waals surface area (Å²) in [4.78, 5) is 34.6. The van der Waals surface area contributed by atoms with Crippen LogP contribution in [0.25, 0.3) is 11.0 Å². The molecule has 23 heavy (non-hydrogen) atoms. The van der Waals surface area contributed by atoms with Gasteiger partial charge in [0.05, 0.1) is 17.2 Å². The van der Waals surface area contributed by atoms with Crippen LogP contribution in [0.2, 0.25) is 0 Å². The summed E-state index contributed by atoms with van der Waals surface area (Å²) in [5.74, 6) is -0.309. The number of Topliss-reactive ketones (excluding diaryl/α,β-unsaturated/α-hetero) is 1. The van der Waals surface area contributed by atoms with Crippen molar-refractivity contribution in [3.8, 4) is 0 Å². The van der Waals surface area contributed by atoms with Crippen LogP contribution in [-0.4, -0.2) is 15.3 Å². The molecule has 0 bridgehead atoms. The van der Waals surface area contributed by atoms with Gasteiger partial charge in [-0.05, 0) is 19.1 Å². The van der Waals surface area contributed by atoms with Crippen LogP contribution < -0.4 is 5.56 Å². The number of pyridine rings is 1. The Morgan fingerprint density at radius 2 is 2.00 bits per heavy atom. The Bertz CT molecular complexity index is 951. The van der Waals surface area contributed by atoms with Crippen LogP contribution in [-0.2, 0) is 6.54 Å². The fourth-order valence-electron chi connectivity index (χ4n) is 2.39. The lowest BCUT2D eigenvalue weighted by Gasteiger charge is -2.07. The third-order valence-electron chi connectivity index (χ3n) is 3.62. The van der Waals surface area contributed by atoms with Gasteiger partial charge in [-0.1, -0.05) is 18.2 Å². The summed E-state index contributed by atoms with van der Waals surface area (Å²) in [5.41, 5.74) is 0.0190. The lowest BCUT2D eigenvalue weighted by Crippen LogP contribution is -2.26. The molecule has 3 aromatic rings. The highest BCUT2D eigenvalue weighted by molar-refractivity contribution is 5.97. The van der Waals surface area contributed by atoms with Crippen molar-refractivity contribution in [2.45, 2.75) is 13.5 Å². The zero-order valence-electron chi connectivity index (χ0n) is 12.2. The second kappa shape index (κ2) is 5.53. The lowest BCUT2D eigenvalue weighted by atomic mass is 10.2. The number of ketones is 1. The van der Waals surface area contributed by atoms with E-state index in [1.165, 1.54) is 6.92 Å². The number of furan rings is 1. The maximum absolute atomic E-state index is 12.3. The molecule has 0 fully saturated rings. The zero-order chi connectivity index (χ0) is 16.6. The average molecular weight is 312 g/mol. The molecule has 0 aliphatic rings. The van der Waals surface area contributed by atoms with E-state index in [1.54, 1.807) is 24.3 Å². The number of fused-ring (bicyclic) bond motifs is 1. The number of nitrogens with zero attached hydrogens (tertiary/aromatic N) is 2. The lowest BCUT2D eigenvalue weighted by molar-refractivity contribution is -0.386. The van der Waals surface area contributed by atoms with E-state index in [0.717, 1.165) is 22.1 Å². The molecule has 0 aliphatic carbocycles. The van der Waals surface area contributed by atoms with Crippen LogP contribution in [0.1, 0.15) is 16.2 Å². The van der Waals surface area contributed by atoms with E-state index < -0.39 is 16.3 Å². The third kappa shape index (κ3) is 2.64. The van der Waals surface area contributed by atoms with Gasteiger partial charge < -0.3 is 4.42 Å². The molecule has 7 heteroatoms. The van der Waals surface area contributed by atoms with Crippen LogP contribution in [0.15, 0.2) is 51.7 Å². The smallest absolute Gasteiger partial charge is 0.288 e. The topological polar surface area (TPSA) is 95.4 Å². The Balaban J connectivity index is 1.98. The quantitative estimate of drug-likeness (QED) is 0.419. The summed E-state index contributed by atoms with van der Waals surface area (Å²) in [5, 5.41) is 11.7. The molecule has 0 saturated carbocycles. The molecule has 0 spiro atoms. The van der Waals surface area contributed by atoms with Crippen LogP contribution in [0.4, 0.5) is 5.69 Å². The fourth-order valence-corrected chi connectivity index (χ4v) is 2.39. The van der Waals surface area contributed by atoms with Gasteiger partial charge in [0.15, 0.2) is 5.76 Å². The molecular formula is C16H12N2O5. The number of benzene rings is 1. The van der Waals surface area contributed by atoms with Crippen molar-refractivity contribution >= 4 is 22.4 Å². The van der Waals surface area contributed by atoms with E-state index in [2.05, 4.69) is 0 Å². The Hall–Kier alpha value is -3.22. The minimum Gasteiger partial charge on any atom is -0.453 e. The van der Waals surface area contributed by atoms with Gasteiger partial charge in [0.25, 0.3) is 11.2 Å². The van der Waals surface area contributed by atoms with Crippen molar-refractivity contribution in [2.24, 2.45) is 0 Å². The van der Waals surface area contributed by atoms with Crippen molar-refractivity contribution in [3.05, 3.63) is 74.4 Å². The van der Waals surface area contributed by atoms with Crippen molar-refractivity contribution in [3.63, 3.8) is 0 Å². The van der Waals surface area contributed by atoms with Gasteiger partial charge in [-0.15, -0.1) is 0 Å². The molecule has 0 radical (unpaired) electrons. The second-order valence-electron chi connectivity index (χ2n) is 5.06. The minimum absolute atomic E-state index is 0.115. The Morgan fingerprint density at radius 3 is 2.70 bits per heavy atom. The average Bonchev–Trinajstić information content (AvgIpc) is 2.95. The number of nitro groups is 1. The Labute approximate surface area is 129 Å². The fraction of sp³-hybridized carbons (Fsp3) is 0.125. The molecule has 3 rings (SSSR count). The first kappa shape index (κ1) is 14.7. The summed E-state index contributed by atoms with van der Waals surface area (Å²) in [7, 11) is 0. The number of carbonyl (C=O) groups is 1. The molecule has 116 valence electrons. The summed E-state index contributed by atoms with van der Waals surface area (Å²) in [6.45, 7) is 1.12. The first-order chi connectivity index (χ1) is 11.0. The van der Waals surface area contributed by atoms with Gasteiger partial charge >= 0.3 is 0 Å². The van der Waals surface area contributed by atoms with Gasteiger partial charge in [0.1, 0.15) is 5.58 Å². The standard InChI is InChI=1S/C16H12N2O5/c1-10-12(18(21)22)6-7-16(20)17(10)9-13(19)15-8-11-4-2-3-5-14(11)23-15/h2-8H,9H2,1H3. The predicted octanol–water partition coefficient (Wildman–Crippen LogP) is 2.69. The van der Waals surface area contributed by atoms with Gasteiger partial charge in [-0.2, -0.15) is 0 Å². The maximum atomic E-state index is 12.3. The van der Waals surface area contributed by atoms with Gasteiger partial charge in [-0.3, -0.25) is 24.3 Å². The van der Waals surface area contributed by atoms with Crippen molar-refractivity contribution in [1.29, 1.82) is 0 Å². The van der Waals surface area contributed by atoms with Crippen molar-refractivity contribution in [1.82, 2.24) is 4.57 Å². The van der Waals surface area contributed by atoms with E-state index >= 15 is 0 Å². The Morgan fingerprint density at radius 1 is 1.26 bits per heavy atom. The highest BCUT2D eigenvalue weighted by Gasteiger charge is 2.19. The number of rotatable bonds is 4. The minimum atomic E-state index is -0.586. The highest BCUT2D eigenvalue weighted by atomic mass is 16.6. The maximum Gasteiger partial charge on any atom is 0.288 e. The van der Waals surface area contributed by atoms with Crippen molar-refractivity contribution < 1.29 is 14.1 Å². The molecule has 0 aliphatic heterocycles. The van der Waals surface area contributed by atoms with Gasteiger partial charge in [0, 0.05) is 17.5 Å². The van der Waals surface area contributed by atoms with E-state index in [0.29, 0.717) is 5.58 Å². The molecule has 0 unspecified atom stereocenters. The van der Waals surface area contributed by atoms with Crippen molar-refractivity contribution in [2.75, 3.05) is 0 Å². The monoisotopic (exact) mass is 312 g/mol. The summed E-state index contributed by atoms with van der Waals surface area (Å²) in [6, 6.07) is 11.0. The van der Waals surface area contributed by atoms with E-state index in [-0.39, 0.29) is 23.7 Å². The van der Waals surface area contributed by atoms with Gasteiger partial charge in [0.2, 0.25) is 5.78 Å². The SMILES string of the molecule is Cc1c([N+](=O)[O-])ccc(=O)n1CC(=O)c1cc2ccccc2o1. The van der Waals surface area contributed by atoms with E-state index in [4.69, 9.17) is 4.42 Å². The summed E-state index contributed by atoms with van der Waals surface area (Å²) in [6.07, 6.45) is 0. The summed E-state index contributed by atoms with van der Waals surface area (Å²) >= 11 is 0. The number of para-hydroxylation sites is 1. The number of hydrogen-bond donors (Lipinski definition) is 0. The molecule has 0 saturated heterocycles. The highest BCUT2D eigenvalue weighted by Crippen LogP contribution is 2.20. The molecule has 2 aromatic heterocycles.